The highest BCUT2D eigenvalue weighted by atomic mass is 32.1. The lowest BCUT2D eigenvalue weighted by atomic mass is 9.96. The van der Waals surface area contributed by atoms with Crippen LogP contribution in [-0.2, 0) is 105 Å². The van der Waals surface area contributed by atoms with Gasteiger partial charge in [-0.3, -0.25) is 32.7 Å². The largest absolute Gasteiger partial charge is 0.508 e. The number of thiazole rings is 2. The van der Waals surface area contributed by atoms with Gasteiger partial charge in [-0.15, -0.1) is 22.7 Å². The van der Waals surface area contributed by atoms with E-state index in [2.05, 4.69) is 44.9 Å². The second-order valence-corrected chi connectivity index (χ2v) is 39.3. The third-order valence-electron chi connectivity index (χ3n) is 20.8. The number of carbonyl (C=O) groups is 6. The van der Waals surface area contributed by atoms with Crippen molar-refractivity contribution in [1.82, 2.24) is 34.9 Å². The summed E-state index contributed by atoms with van der Waals surface area (Å²) in [6, 6.07) is 48.3. The molecular weight excluding hydrogens is 1990 g/mol. The second kappa shape index (κ2) is 56.7. The zero-order valence-corrected chi connectivity index (χ0v) is 89.1. The molecule has 7 aromatic heterocycles. The van der Waals surface area contributed by atoms with E-state index >= 15 is 0 Å². The Bertz CT molecular complexity index is 6310. The number of ether oxygens (including phenoxy) is 8. The molecule has 1 N–H and O–H groups in total. The quantitative estimate of drug-likeness (QED) is 0.0165. The molecule has 0 spiro atoms. The number of aromatic nitrogens is 7. The highest BCUT2D eigenvalue weighted by Crippen LogP contribution is 2.51. The number of esters is 5. The van der Waals surface area contributed by atoms with Crippen molar-refractivity contribution in [2.45, 2.75) is 211 Å². The summed E-state index contributed by atoms with van der Waals surface area (Å²) in [6.07, 6.45) is -6.97. The molecule has 1 aliphatic rings. The highest BCUT2D eigenvalue weighted by molar-refractivity contribution is 7.48. The first-order chi connectivity index (χ1) is 70.1. The van der Waals surface area contributed by atoms with Crippen LogP contribution in [0.2, 0.25) is 0 Å². The number of halogens is 6. The Balaban J connectivity index is 0.000000192. The average Bonchev–Trinajstić information content (AvgIpc) is 1.65. The van der Waals surface area contributed by atoms with Gasteiger partial charge in [-0.2, -0.15) is 46.3 Å². The number of hydrogen-bond donors (Lipinski definition) is 1. The predicted molar refractivity (Wildman–Crippen MR) is 551 cm³/mol. The SMILES string of the molecule is CC(C)OC(=O)OCCN(C)c1nc2ccccc2o1.CC(C)OC(=O)[C@@H]1CCCC1c1nc2ccccc2o1.CC(C)OCCN(C)c1nc2ccccc2o1.CCOP(=O)(OCCN(C)c1nc2ccccc2o1)OC(C)C.COC(=O)[C@@H](COC(=O)C(C)C)Nc1nc2ccccc2o1.Cc1nc(-c2ccc(C(F)(F)F)cc2)sc1CC(=O)OC(C)C.Cc1nc(-c2ccc(C(F)(F)F)cc2)sc1CC(=O)OC(C)C. The molecule has 0 saturated heterocycles. The van der Waals surface area contributed by atoms with E-state index in [9.17, 15) is 59.7 Å². The maximum atomic E-state index is 12.6. The molecule has 4 atom stereocenters. The number of para-hydroxylation sites is 10. The number of methoxy groups -OCH3 is 1. The van der Waals surface area contributed by atoms with Gasteiger partial charge < -0.3 is 80.0 Å². The number of anilines is 4. The first kappa shape index (κ1) is 118. The molecule has 43 heteroatoms. The third kappa shape index (κ3) is 37.8. The van der Waals surface area contributed by atoms with Crippen LogP contribution < -0.4 is 20.0 Å². The van der Waals surface area contributed by atoms with E-state index in [-0.39, 0.29) is 118 Å². The number of nitrogens with one attached hydrogen (secondary N) is 1. The van der Waals surface area contributed by atoms with Gasteiger partial charge in [0.1, 0.15) is 50.8 Å². The first-order valence-corrected chi connectivity index (χ1v) is 51.1. The van der Waals surface area contributed by atoms with Crippen LogP contribution in [0.25, 0.3) is 76.6 Å². The minimum Gasteiger partial charge on any atom is -0.467 e. The summed E-state index contributed by atoms with van der Waals surface area (Å²) < 4.78 is 172. The molecule has 0 radical (unpaired) electrons. The number of phosphoric ester groups is 1. The maximum absolute atomic E-state index is 12.6. The smallest absolute Gasteiger partial charge is 0.467 e. The topological polar surface area (TPSA) is 399 Å². The number of nitrogens with zero attached hydrogens (tertiary/aromatic N) is 10. The van der Waals surface area contributed by atoms with Crippen LogP contribution in [0.3, 0.4) is 0 Å². The number of oxazole rings is 5. The molecule has 0 aliphatic heterocycles. The Kier molecular flexibility index (Phi) is 45.3. The van der Waals surface area contributed by atoms with Gasteiger partial charge in [-0.05, 0) is 202 Å². The van der Waals surface area contributed by atoms with Crippen molar-refractivity contribution in [3.05, 3.63) is 208 Å². The number of hydrogen-bond acceptors (Lipinski definition) is 36. The number of phosphoric acid groups is 1. The minimum absolute atomic E-state index is 0.0497. The molecule has 7 heterocycles. The van der Waals surface area contributed by atoms with Gasteiger partial charge in [0.15, 0.2) is 39.8 Å². The van der Waals surface area contributed by atoms with E-state index in [1.54, 1.807) is 112 Å². The van der Waals surface area contributed by atoms with Crippen molar-refractivity contribution in [1.29, 1.82) is 0 Å². The van der Waals surface area contributed by atoms with Crippen LogP contribution in [0, 0.1) is 25.7 Å². The fraction of sp³-hybridized carbons (Fsp3) is 0.438. The minimum atomic E-state index is -4.36. The predicted octanol–water partition coefficient (Wildman–Crippen LogP) is 24.3. The molecule has 148 heavy (non-hydrogen) atoms. The molecule has 1 aliphatic carbocycles. The van der Waals surface area contributed by atoms with E-state index in [1.807, 2.05) is 163 Å². The molecule has 1 fully saturated rings. The number of carbonyl (C=O) groups excluding carboxylic acids is 6. The first-order valence-electron chi connectivity index (χ1n) is 48.0. The molecular formula is C105H128F6N11O23PS2. The normalized spacial score (nSPS) is 13.5. The average molecular weight is 2120 g/mol. The van der Waals surface area contributed by atoms with Crippen molar-refractivity contribution < 1.29 is 133 Å². The molecule has 0 amide bonds. The highest BCUT2D eigenvalue weighted by Gasteiger charge is 2.40. The maximum Gasteiger partial charge on any atom is 0.508 e. The second-order valence-electron chi connectivity index (χ2n) is 35.5. The zero-order chi connectivity index (χ0) is 108. The van der Waals surface area contributed by atoms with Gasteiger partial charge in [0.2, 0.25) is 0 Å². The Morgan fingerprint density at radius 3 is 1.23 bits per heavy atom. The number of aryl methyl sites for hydroxylation is 2. The van der Waals surface area contributed by atoms with Gasteiger partial charge in [-0.25, -0.2) is 29.1 Å². The fourth-order valence-electron chi connectivity index (χ4n) is 13.6. The zero-order valence-electron chi connectivity index (χ0n) is 86.5. The Hall–Kier alpha value is -13.4. The Morgan fingerprint density at radius 2 is 0.851 bits per heavy atom. The summed E-state index contributed by atoms with van der Waals surface area (Å²) in [5, 5.41) is 3.96. The number of rotatable bonds is 36. The molecule has 34 nitrogen and oxygen atoms in total. The number of fused-ring (bicyclic) bond motifs is 5. The third-order valence-corrected chi connectivity index (χ3v) is 24.9. The fourth-order valence-corrected chi connectivity index (χ4v) is 17.1. The number of likely N-dealkylation sites (N-methyl/N-ethyl adjacent to an activating group) is 3. The van der Waals surface area contributed by atoms with Crippen molar-refractivity contribution in [2.24, 2.45) is 11.8 Å². The molecule has 0 bridgehead atoms. The van der Waals surface area contributed by atoms with E-state index in [1.165, 1.54) is 54.0 Å². The summed E-state index contributed by atoms with van der Waals surface area (Å²) in [6.45, 7) is 33.5. The van der Waals surface area contributed by atoms with Crippen LogP contribution >= 0.6 is 30.5 Å². The van der Waals surface area contributed by atoms with Crippen molar-refractivity contribution in [2.75, 3.05) is 101 Å². The molecule has 1 saturated carbocycles. The van der Waals surface area contributed by atoms with E-state index in [0.29, 0.717) is 87.3 Å². The summed E-state index contributed by atoms with van der Waals surface area (Å²) in [7, 11) is 3.32. The van der Waals surface area contributed by atoms with E-state index in [0.717, 1.165) is 104 Å². The monoisotopic (exact) mass is 2120 g/mol. The van der Waals surface area contributed by atoms with Gasteiger partial charge >= 0.3 is 56.2 Å². The van der Waals surface area contributed by atoms with E-state index in [4.69, 9.17) is 68.8 Å². The van der Waals surface area contributed by atoms with Crippen LogP contribution in [0.4, 0.5) is 55.2 Å². The number of benzene rings is 7. The summed E-state index contributed by atoms with van der Waals surface area (Å²) in [5.41, 5.74) is 8.79. The van der Waals surface area contributed by atoms with Gasteiger partial charge in [0.25, 0.3) is 24.1 Å². The lowest BCUT2D eigenvalue weighted by molar-refractivity contribution is -0.153. The van der Waals surface area contributed by atoms with Crippen molar-refractivity contribution in [3.8, 4) is 21.1 Å². The lowest BCUT2D eigenvalue weighted by Gasteiger charge is -2.21. The van der Waals surface area contributed by atoms with Crippen LogP contribution in [0.15, 0.2) is 192 Å². The summed E-state index contributed by atoms with van der Waals surface area (Å²) >= 11 is 2.58. The van der Waals surface area contributed by atoms with Crippen LogP contribution in [0.1, 0.15) is 167 Å². The van der Waals surface area contributed by atoms with Gasteiger partial charge in [-0.1, -0.05) is 105 Å². The molecule has 800 valence electrons. The molecule has 15 rings (SSSR count). The Labute approximate surface area is 862 Å². The molecule has 2 unspecified atom stereocenters. The van der Waals surface area contributed by atoms with Gasteiger partial charge in [0.05, 0.1) is 117 Å². The van der Waals surface area contributed by atoms with Crippen molar-refractivity contribution in [3.63, 3.8) is 0 Å². The van der Waals surface area contributed by atoms with Crippen LogP contribution in [0.5, 0.6) is 0 Å². The number of alkyl halides is 6. The van der Waals surface area contributed by atoms with Crippen LogP contribution in [-0.4, -0.2) is 194 Å². The molecule has 14 aromatic rings. The summed E-state index contributed by atoms with van der Waals surface area (Å²) in [5.74, 6) is -1.44. The lowest BCUT2D eigenvalue weighted by Crippen LogP contribution is -2.36. The van der Waals surface area contributed by atoms with E-state index < -0.39 is 55.4 Å². The van der Waals surface area contributed by atoms with Gasteiger partial charge in [0, 0.05) is 61.0 Å². The molecule has 7 aromatic carbocycles. The summed E-state index contributed by atoms with van der Waals surface area (Å²) in [4.78, 5) is 108. The standard InChI is InChI=1S/2C16H16F3NO2S.C16H19NO3.C15H23N2O5P.C15H18N2O5.C14H18N2O4.C13H18N2O2/c2*1-9(2)22-14(21)8-13-10(3)20-15(23-13)11-4-6-12(7-5-11)16(17,18)19;1-10(2)19-16(18)12-7-5-6-11(12)15-17-13-8-3-4-9-14(13)20-15;1-5-19-23(18,22-12(2)3)20-11-10-17(4)15-16-13-8-6-7-9-14(13)21-15;1-9(2)13(18)21-8-11(14(19)20-3)17-15-16-10-6-4-5-7-12(10)22-15;1-10(2)19-14(17)18-9-8-16(3)13-15-11-6-4-5-7-12(11)20-13;1-10(2)16-9-8-15(3)13-14-11-6-4-5-7-12(11)17-13/h2*4-7,9H,8H2,1-3H3;3-4,8-12H,5-7H2,1-2H3;6-9,12H,5,10-11H2,1-4H3;4-7,9,11H,8H2,1-3H3,(H,16,17);4-7,10H,8-9H2,1-3H3;4-7,10H,8-9H2,1-3H3/t;;11?,12-;;11-;;/m..1.1../s1. The van der Waals surface area contributed by atoms with Crippen molar-refractivity contribution >= 4 is 146 Å². The Morgan fingerprint density at radius 1 is 0.453 bits per heavy atom.